The number of benzene rings is 2. The maximum absolute atomic E-state index is 13.1. The Kier molecular flexibility index (Phi) is 6.64. The summed E-state index contributed by atoms with van der Waals surface area (Å²) >= 11 is 0. The summed E-state index contributed by atoms with van der Waals surface area (Å²) in [6, 6.07) is 17.5. The molecular weight excluding hydrogens is 422 g/mol. The topological polar surface area (TPSA) is 96.8 Å². The minimum absolute atomic E-state index is 0.0901. The van der Waals surface area contributed by atoms with E-state index in [0.29, 0.717) is 40.6 Å². The van der Waals surface area contributed by atoms with Gasteiger partial charge in [0.15, 0.2) is 0 Å². The van der Waals surface area contributed by atoms with E-state index >= 15 is 0 Å². The number of hydrogen-bond donors (Lipinski definition) is 2. The summed E-state index contributed by atoms with van der Waals surface area (Å²) in [4.78, 5) is 30.3. The number of aromatic amines is 1. The van der Waals surface area contributed by atoms with Crippen molar-refractivity contribution in [3.05, 3.63) is 88.6 Å². The monoisotopic (exact) mass is 447 g/mol. The molecule has 170 valence electrons. The third-order valence-electron chi connectivity index (χ3n) is 5.12. The first-order valence-electron chi connectivity index (χ1n) is 10.6. The number of pyridine rings is 1. The van der Waals surface area contributed by atoms with Gasteiger partial charge in [0, 0.05) is 22.2 Å². The van der Waals surface area contributed by atoms with Crippen molar-refractivity contribution in [2.24, 2.45) is 0 Å². The number of carbonyl (C=O) groups is 1. The van der Waals surface area contributed by atoms with Crippen molar-refractivity contribution in [1.82, 2.24) is 9.88 Å². The van der Waals surface area contributed by atoms with Crippen LogP contribution in [-0.4, -0.2) is 29.6 Å². The number of amides is 2. The molecule has 0 atom stereocenters. The molecule has 0 spiro atoms. The van der Waals surface area contributed by atoms with E-state index in [1.807, 2.05) is 25.1 Å². The van der Waals surface area contributed by atoms with E-state index in [4.69, 9.17) is 13.9 Å². The number of hydrogen-bond acceptors (Lipinski definition) is 5. The van der Waals surface area contributed by atoms with Crippen LogP contribution in [0.15, 0.2) is 76.1 Å². The first-order valence-corrected chi connectivity index (χ1v) is 10.6. The molecular formula is C25H25N3O5. The largest absolute Gasteiger partial charge is 0.497 e. The molecule has 0 radical (unpaired) electrons. The van der Waals surface area contributed by atoms with E-state index in [2.05, 4.69) is 10.3 Å². The van der Waals surface area contributed by atoms with Crippen molar-refractivity contribution in [2.75, 3.05) is 19.0 Å². The minimum Gasteiger partial charge on any atom is -0.497 e. The fourth-order valence-electron chi connectivity index (χ4n) is 3.48. The highest BCUT2D eigenvalue weighted by Gasteiger charge is 2.18. The SMILES string of the molecule is CCOc1ccc2[nH]c(=O)c(CN(Cc3ccco3)C(=O)Nc3ccc(OC)cc3)cc2c1. The Morgan fingerprint density at radius 3 is 2.55 bits per heavy atom. The minimum atomic E-state index is -0.362. The van der Waals surface area contributed by atoms with Crippen molar-refractivity contribution in [3.63, 3.8) is 0 Å². The molecule has 0 aliphatic rings. The number of nitrogens with one attached hydrogen (secondary N) is 2. The van der Waals surface area contributed by atoms with Gasteiger partial charge in [-0.3, -0.25) is 4.79 Å². The van der Waals surface area contributed by atoms with Crippen molar-refractivity contribution in [2.45, 2.75) is 20.0 Å². The lowest BCUT2D eigenvalue weighted by molar-refractivity contribution is 0.201. The number of carbonyl (C=O) groups excluding carboxylic acids is 1. The zero-order valence-corrected chi connectivity index (χ0v) is 18.5. The number of ether oxygens (including phenoxy) is 2. The maximum Gasteiger partial charge on any atom is 0.322 e. The third kappa shape index (κ3) is 5.35. The van der Waals surface area contributed by atoms with Gasteiger partial charge in [0.25, 0.3) is 5.56 Å². The Morgan fingerprint density at radius 2 is 1.85 bits per heavy atom. The summed E-state index contributed by atoms with van der Waals surface area (Å²) in [6.07, 6.45) is 1.55. The molecule has 8 heteroatoms. The van der Waals surface area contributed by atoms with Gasteiger partial charge in [-0.25, -0.2) is 4.79 Å². The van der Waals surface area contributed by atoms with Crippen LogP contribution in [0.25, 0.3) is 10.9 Å². The molecule has 0 fully saturated rings. The van der Waals surface area contributed by atoms with Gasteiger partial charge in [-0.05, 0) is 67.6 Å². The molecule has 0 bridgehead atoms. The van der Waals surface area contributed by atoms with Crippen LogP contribution in [-0.2, 0) is 13.1 Å². The number of aromatic nitrogens is 1. The first kappa shape index (κ1) is 22.0. The van der Waals surface area contributed by atoms with Gasteiger partial charge in [0.2, 0.25) is 0 Å². The predicted octanol–water partition coefficient (Wildman–Crippen LogP) is 4.76. The molecule has 0 aliphatic carbocycles. The standard InChI is InChI=1S/C25H25N3O5/c1-3-32-21-10-11-23-17(14-21)13-18(24(29)27-23)15-28(16-22-5-4-12-33-22)25(30)26-19-6-8-20(31-2)9-7-19/h4-14H,3,15-16H2,1-2H3,(H,26,30)(H,27,29). The smallest absolute Gasteiger partial charge is 0.322 e. The lowest BCUT2D eigenvalue weighted by Gasteiger charge is -2.22. The lowest BCUT2D eigenvalue weighted by Crippen LogP contribution is -2.35. The van der Waals surface area contributed by atoms with Crippen molar-refractivity contribution in [1.29, 1.82) is 0 Å². The van der Waals surface area contributed by atoms with Crippen LogP contribution >= 0.6 is 0 Å². The van der Waals surface area contributed by atoms with Crippen LogP contribution in [0.3, 0.4) is 0 Å². The summed E-state index contributed by atoms with van der Waals surface area (Å²) in [5, 5.41) is 3.69. The number of H-pyrrole nitrogens is 1. The number of urea groups is 1. The fourth-order valence-corrected chi connectivity index (χ4v) is 3.48. The second-order valence-electron chi connectivity index (χ2n) is 7.40. The molecule has 4 rings (SSSR count). The average Bonchev–Trinajstić information content (AvgIpc) is 3.33. The highest BCUT2D eigenvalue weighted by molar-refractivity contribution is 5.89. The third-order valence-corrected chi connectivity index (χ3v) is 5.12. The quantitative estimate of drug-likeness (QED) is 0.406. The Labute approximate surface area is 190 Å². The molecule has 2 N–H and O–H groups in total. The fraction of sp³-hybridized carbons (Fsp3) is 0.200. The number of anilines is 1. The molecule has 2 aromatic heterocycles. The summed E-state index contributed by atoms with van der Waals surface area (Å²) in [6.45, 7) is 2.75. The van der Waals surface area contributed by atoms with E-state index in [-0.39, 0.29) is 24.7 Å². The Morgan fingerprint density at radius 1 is 1.06 bits per heavy atom. The van der Waals surface area contributed by atoms with Crippen LogP contribution in [0.1, 0.15) is 18.2 Å². The number of rotatable bonds is 8. The number of fused-ring (bicyclic) bond motifs is 1. The molecule has 2 aromatic carbocycles. The van der Waals surface area contributed by atoms with E-state index in [0.717, 1.165) is 5.39 Å². The van der Waals surface area contributed by atoms with Crippen LogP contribution in [0.5, 0.6) is 11.5 Å². The predicted molar refractivity (Wildman–Crippen MR) is 126 cm³/mol. The summed E-state index contributed by atoms with van der Waals surface area (Å²) in [5.74, 6) is 2.01. The highest BCUT2D eigenvalue weighted by Crippen LogP contribution is 2.21. The van der Waals surface area contributed by atoms with Gasteiger partial charge in [-0.15, -0.1) is 0 Å². The van der Waals surface area contributed by atoms with Crippen molar-refractivity contribution in [3.8, 4) is 11.5 Å². The Bertz CT molecular complexity index is 1280. The zero-order chi connectivity index (χ0) is 23.2. The highest BCUT2D eigenvalue weighted by atomic mass is 16.5. The summed E-state index contributed by atoms with van der Waals surface area (Å²) in [7, 11) is 1.58. The maximum atomic E-state index is 13.1. The molecule has 33 heavy (non-hydrogen) atoms. The summed E-state index contributed by atoms with van der Waals surface area (Å²) in [5.41, 5.74) is 1.51. The van der Waals surface area contributed by atoms with Gasteiger partial charge in [0.05, 0.1) is 33.1 Å². The molecule has 8 nitrogen and oxygen atoms in total. The van der Waals surface area contributed by atoms with Gasteiger partial charge in [0.1, 0.15) is 17.3 Å². The Hall–Kier alpha value is -4.20. The van der Waals surface area contributed by atoms with E-state index in [1.54, 1.807) is 55.8 Å². The number of methoxy groups -OCH3 is 1. The number of furan rings is 1. The molecule has 0 unspecified atom stereocenters. The van der Waals surface area contributed by atoms with Crippen LogP contribution in [0.2, 0.25) is 0 Å². The van der Waals surface area contributed by atoms with Crippen LogP contribution in [0.4, 0.5) is 10.5 Å². The second kappa shape index (κ2) is 9.95. The van der Waals surface area contributed by atoms with E-state index < -0.39 is 0 Å². The molecule has 4 aromatic rings. The van der Waals surface area contributed by atoms with E-state index in [9.17, 15) is 9.59 Å². The van der Waals surface area contributed by atoms with Gasteiger partial charge in [-0.1, -0.05) is 0 Å². The van der Waals surface area contributed by atoms with E-state index in [1.165, 1.54) is 4.90 Å². The molecule has 0 saturated carbocycles. The van der Waals surface area contributed by atoms with Gasteiger partial charge < -0.3 is 29.1 Å². The number of nitrogens with zero attached hydrogens (tertiary/aromatic N) is 1. The Balaban J connectivity index is 1.61. The lowest BCUT2D eigenvalue weighted by atomic mass is 10.1. The molecule has 0 aliphatic heterocycles. The molecule has 2 amide bonds. The summed E-state index contributed by atoms with van der Waals surface area (Å²) < 4.78 is 16.2. The zero-order valence-electron chi connectivity index (χ0n) is 18.5. The second-order valence-corrected chi connectivity index (χ2v) is 7.40. The van der Waals surface area contributed by atoms with Crippen molar-refractivity contribution >= 4 is 22.6 Å². The first-order chi connectivity index (χ1) is 16.1. The van der Waals surface area contributed by atoms with Crippen LogP contribution < -0.4 is 20.3 Å². The van der Waals surface area contributed by atoms with Gasteiger partial charge >= 0.3 is 6.03 Å². The van der Waals surface area contributed by atoms with Crippen molar-refractivity contribution < 1.29 is 18.7 Å². The van der Waals surface area contributed by atoms with Crippen LogP contribution in [0, 0.1) is 0 Å². The molecule has 0 saturated heterocycles. The van der Waals surface area contributed by atoms with Gasteiger partial charge in [-0.2, -0.15) is 0 Å². The average molecular weight is 447 g/mol. The normalized spacial score (nSPS) is 10.7. The molecule has 2 heterocycles.